The number of aryl methyl sites for hydroxylation is 1. The number of amides is 1. The number of hydrogen-bond donors (Lipinski definition) is 1. The molecule has 1 amide bonds. The standard InChI is InChI=1S/C23H21N3O3S/c1-14-4-9-20-18(10-14)19(27)11-21(29-20)15-5-7-16(8-6-15)22(28)25-23-24-17(13-30-23)12-26(2)3/h4-11,13H,12H2,1-3H3,(H,24,25,28). The Morgan fingerprint density at radius 3 is 2.63 bits per heavy atom. The van der Waals surface area contributed by atoms with E-state index in [0.29, 0.717) is 27.4 Å². The van der Waals surface area contributed by atoms with Gasteiger partial charge >= 0.3 is 0 Å². The summed E-state index contributed by atoms with van der Waals surface area (Å²) in [5.41, 5.74) is 3.61. The second-order valence-corrected chi connectivity index (χ2v) is 8.25. The molecule has 4 rings (SSSR count). The number of benzene rings is 2. The summed E-state index contributed by atoms with van der Waals surface area (Å²) in [4.78, 5) is 31.4. The van der Waals surface area contributed by atoms with Crippen LogP contribution in [0.25, 0.3) is 22.3 Å². The molecule has 7 heteroatoms. The zero-order valence-electron chi connectivity index (χ0n) is 16.9. The van der Waals surface area contributed by atoms with E-state index in [9.17, 15) is 9.59 Å². The van der Waals surface area contributed by atoms with E-state index in [-0.39, 0.29) is 11.3 Å². The third kappa shape index (κ3) is 4.32. The molecule has 0 bridgehead atoms. The number of aromatic nitrogens is 1. The van der Waals surface area contributed by atoms with Crippen LogP contribution in [0.5, 0.6) is 0 Å². The van der Waals surface area contributed by atoms with Crippen molar-refractivity contribution in [3.05, 3.63) is 81.0 Å². The van der Waals surface area contributed by atoms with Crippen LogP contribution < -0.4 is 10.7 Å². The normalized spacial score (nSPS) is 11.2. The number of fused-ring (bicyclic) bond motifs is 1. The maximum Gasteiger partial charge on any atom is 0.257 e. The van der Waals surface area contributed by atoms with Crippen molar-refractivity contribution in [1.82, 2.24) is 9.88 Å². The molecule has 0 saturated heterocycles. The molecule has 0 radical (unpaired) electrons. The first-order valence-corrected chi connectivity index (χ1v) is 10.3. The van der Waals surface area contributed by atoms with E-state index in [0.717, 1.165) is 23.4 Å². The Kier molecular flexibility index (Phi) is 5.48. The van der Waals surface area contributed by atoms with Crippen molar-refractivity contribution >= 4 is 33.3 Å². The summed E-state index contributed by atoms with van der Waals surface area (Å²) in [6, 6.07) is 14.0. The number of nitrogens with zero attached hydrogens (tertiary/aromatic N) is 2. The minimum Gasteiger partial charge on any atom is -0.456 e. The zero-order valence-corrected chi connectivity index (χ0v) is 17.7. The highest BCUT2D eigenvalue weighted by Gasteiger charge is 2.12. The Labute approximate surface area is 177 Å². The molecule has 2 heterocycles. The van der Waals surface area contributed by atoms with Crippen LogP contribution in [-0.2, 0) is 6.54 Å². The van der Waals surface area contributed by atoms with Gasteiger partial charge in [-0.2, -0.15) is 0 Å². The van der Waals surface area contributed by atoms with Crippen LogP contribution in [0.2, 0.25) is 0 Å². The summed E-state index contributed by atoms with van der Waals surface area (Å²) in [7, 11) is 3.94. The van der Waals surface area contributed by atoms with Gasteiger partial charge in [-0.05, 0) is 45.3 Å². The molecule has 0 saturated carbocycles. The maximum atomic E-state index is 12.5. The molecule has 30 heavy (non-hydrogen) atoms. The predicted octanol–water partition coefficient (Wildman–Crippen LogP) is 4.54. The van der Waals surface area contributed by atoms with Crippen molar-refractivity contribution < 1.29 is 9.21 Å². The summed E-state index contributed by atoms with van der Waals surface area (Å²) in [6.07, 6.45) is 0. The predicted molar refractivity (Wildman–Crippen MR) is 120 cm³/mol. The van der Waals surface area contributed by atoms with Crippen molar-refractivity contribution in [3.63, 3.8) is 0 Å². The van der Waals surface area contributed by atoms with Crippen LogP contribution in [0.15, 0.2) is 63.1 Å². The maximum absolute atomic E-state index is 12.5. The largest absolute Gasteiger partial charge is 0.456 e. The fourth-order valence-corrected chi connectivity index (χ4v) is 3.83. The Bertz CT molecular complexity index is 1270. The molecule has 0 atom stereocenters. The lowest BCUT2D eigenvalue weighted by molar-refractivity contribution is 0.102. The number of carbonyl (C=O) groups excluding carboxylic acids is 1. The monoisotopic (exact) mass is 419 g/mol. The molecule has 0 aliphatic carbocycles. The van der Waals surface area contributed by atoms with Crippen LogP contribution in [-0.4, -0.2) is 29.9 Å². The number of carbonyl (C=O) groups is 1. The molecule has 0 aliphatic rings. The van der Waals surface area contributed by atoms with Crippen LogP contribution >= 0.6 is 11.3 Å². The summed E-state index contributed by atoms with van der Waals surface area (Å²) >= 11 is 1.40. The summed E-state index contributed by atoms with van der Waals surface area (Å²) in [5.74, 6) is 0.235. The molecule has 152 valence electrons. The highest BCUT2D eigenvalue weighted by Crippen LogP contribution is 2.24. The van der Waals surface area contributed by atoms with E-state index < -0.39 is 0 Å². The van der Waals surface area contributed by atoms with Gasteiger partial charge in [0, 0.05) is 29.1 Å². The van der Waals surface area contributed by atoms with Gasteiger partial charge in [-0.3, -0.25) is 14.9 Å². The molecule has 2 aromatic heterocycles. The lowest BCUT2D eigenvalue weighted by Gasteiger charge is -2.06. The molecular weight excluding hydrogens is 398 g/mol. The lowest BCUT2D eigenvalue weighted by Crippen LogP contribution is -2.13. The zero-order chi connectivity index (χ0) is 21.3. The third-order valence-corrected chi connectivity index (χ3v) is 5.37. The quantitative estimate of drug-likeness (QED) is 0.514. The average molecular weight is 420 g/mol. The van der Waals surface area contributed by atoms with Gasteiger partial charge in [0.25, 0.3) is 5.91 Å². The molecule has 4 aromatic rings. The number of rotatable bonds is 5. The van der Waals surface area contributed by atoms with E-state index in [1.165, 1.54) is 17.4 Å². The summed E-state index contributed by atoms with van der Waals surface area (Å²) in [5, 5.41) is 5.89. The van der Waals surface area contributed by atoms with Crippen molar-refractivity contribution in [3.8, 4) is 11.3 Å². The Morgan fingerprint density at radius 1 is 1.13 bits per heavy atom. The molecule has 1 N–H and O–H groups in total. The summed E-state index contributed by atoms with van der Waals surface area (Å²) in [6.45, 7) is 2.66. The van der Waals surface area contributed by atoms with Crippen LogP contribution in [0.3, 0.4) is 0 Å². The second-order valence-electron chi connectivity index (χ2n) is 7.39. The fourth-order valence-electron chi connectivity index (χ4n) is 3.13. The SMILES string of the molecule is Cc1ccc2oc(-c3ccc(C(=O)Nc4nc(CN(C)C)cs4)cc3)cc(=O)c2c1. The van der Waals surface area contributed by atoms with Gasteiger partial charge in [-0.1, -0.05) is 23.8 Å². The number of thiazole rings is 1. The van der Waals surface area contributed by atoms with Gasteiger partial charge in [0.05, 0.1) is 11.1 Å². The third-order valence-electron chi connectivity index (χ3n) is 4.56. The van der Waals surface area contributed by atoms with E-state index in [1.807, 2.05) is 43.4 Å². The van der Waals surface area contributed by atoms with Gasteiger partial charge in [0.1, 0.15) is 11.3 Å². The Hall–Kier alpha value is -3.29. The topological polar surface area (TPSA) is 75.4 Å². The van der Waals surface area contributed by atoms with E-state index in [2.05, 4.69) is 10.3 Å². The van der Waals surface area contributed by atoms with E-state index >= 15 is 0 Å². The van der Waals surface area contributed by atoms with Gasteiger partial charge in [-0.15, -0.1) is 11.3 Å². The lowest BCUT2D eigenvalue weighted by atomic mass is 10.1. The smallest absolute Gasteiger partial charge is 0.257 e. The van der Waals surface area contributed by atoms with Crippen LogP contribution in [0, 0.1) is 6.92 Å². The highest BCUT2D eigenvalue weighted by molar-refractivity contribution is 7.14. The molecule has 0 unspecified atom stereocenters. The average Bonchev–Trinajstić information content (AvgIpc) is 3.14. The molecule has 6 nitrogen and oxygen atoms in total. The first-order valence-electron chi connectivity index (χ1n) is 9.44. The first kappa shape index (κ1) is 20.0. The molecule has 0 aliphatic heterocycles. The Morgan fingerprint density at radius 2 is 1.90 bits per heavy atom. The summed E-state index contributed by atoms with van der Waals surface area (Å²) < 4.78 is 5.90. The number of hydrogen-bond acceptors (Lipinski definition) is 6. The van der Waals surface area contributed by atoms with Crippen molar-refractivity contribution in [2.24, 2.45) is 0 Å². The van der Waals surface area contributed by atoms with Crippen LogP contribution in [0.1, 0.15) is 21.6 Å². The van der Waals surface area contributed by atoms with E-state index in [4.69, 9.17) is 4.42 Å². The van der Waals surface area contributed by atoms with Crippen LogP contribution in [0.4, 0.5) is 5.13 Å². The first-order chi connectivity index (χ1) is 14.4. The van der Waals surface area contributed by atoms with Crippen molar-refractivity contribution in [1.29, 1.82) is 0 Å². The van der Waals surface area contributed by atoms with Crippen molar-refractivity contribution in [2.45, 2.75) is 13.5 Å². The van der Waals surface area contributed by atoms with Crippen molar-refractivity contribution in [2.75, 3.05) is 19.4 Å². The number of anilines is 1. The Balaban J connectivity index is 1.53. The minimum absolute atomic E-state index is 0.0888. The molecular formula is C23H21N3O3S. The van der Waals surface area contributed by atoms with Gasteiger partial charge in [-0.25, -0.2) is 4.98 Å². The van der Waals surface area contributed by atoms with Gasteiger partial charge < -0.3 is 9.32 Å². The molecule has 0 spiro atoms. The molecule has 0 fully saturated rings. The number of nitrogens with one attached hydrogen (secondary N) is 1. The molecule has 2 aromatic carbocycles. The fraction of sp³-hybridized carbons (Fsp3) is 0.174. The van der Waals surface area contributed by atoms with Gasteiger partial charge in [0.15, 0.2) is 10.6 Å². The highest BCUT2D eigenvalue weighted by atomic mass is 32.1. The second kappa shape index (κ2) is 8.22. The van der Waals surface area contributed by atoms with Gasteiger partial charge in [0.2, 0.25) is 0 Å². The minimum atomic E-state index is -0.234. The van der Waals surface area contributed by atoms with E-state index in [1.54, 1.807) is 30.3 Å².